The van der Waals surface area contributed by atoms with Gasteiger partial charge in [0.05, 0.1) is 23.3 Å². The number of benzene rings is 3. The number of anilines is 1. The van der Waals surface area contributed by atoms with Crippen LogP contribution < -0.4 is 10.1 Å². The Kier molecular flexibility index (Phi) is 5.63. The fourth-order valence-electron chi connectivity index (χ4n) is 3.16. The first-order valence-electron chi connectivity index (χ1n) is 9.60. The quantitative estimate of drug-likeness (QED) is 0.342. The molecule has 1 heterocycles. The molecule has 160 valence electrons. The molecule has 3 aromatic carbocycles. The van der Waals surface area contributed by atoms with Crippen LogP contribution in [0.1, 0.15) is 15.9 Å². The topological polar surface area (TPSA) is 120 Å². The van der Waals surface area contributed by atoms with Crippen molar-refractivity contribution < 1.29 is 19.0 Å². The van der Waals surface area contributed by atoms with Crippen LogP contribution in [-0.4, -0.2) is 28.1 Å². The monoisotopic (exact) mass is 430 g/mol. The van der Waals surface area contributed by atoms with Gasteiger partial charge in [0.2, 0.25) is 5.82 Å². The number of nitro benzene ring substituents is 1. The highest BCUT2D eigenvalue weighted by Crippen LogP contribution is 2.29. The smallest absolute Gasteiger partial charge is 0.272 e. The Morgan fingerprint density at radius 1 is 1.09 bits per heavy atom. The lowest BCUT2D eigenvalue weighted by molar-refractivity contribution is -0.385. The minimum Gasteiger partial charge on any atom is -0.497 e. The van der Waals surface area contributed by atoms with E-state index in [4.69, 9.17) is 9.26 Å². The van der Waals surface area contributed by atoms with Crippen molar-refractivity contribution in [3.8, 4) is 28.6 Å². The fraction of sp³-hybridized carbons (Fsp3) is 0.0870. The van der Waals surface area contributed by atoms with Gasteiger partial charge in [-0.3, -0.25) is 14.9 Å². The Morgan fingerprint density at radius 2 is 1.84 bits per heavy atom. The average Bonchev–Trinajstić information content (AvgIpc) is 3.29. The van der Waals surface area contributed by atoms with Gasteiger partial charge in [-0.1, -0.05) is 17.3 Å². The molecule has 0 spiro atoms. The Balaban J connectivity index is 1.60. The summed E-state index contributed by atoms with van der Waals surface area (Å²) in [5.74, 6) is 0.943. The van der Waals surface area contributed by atoms with Gasteiger partial charge in [0.15, 0.2) is 0 Å². The summed E-state index contributed by atoms with van der Waals surface area (Å²) in [6.07, 6.45) is 0. The van der Waals surface area contributed by atoms with Crippen LogP contribution in [-0.2, 0) is 0 Å². The molecule has 0 aliphatic heterocycles. The normalized spacial score (nSPS) is 10.6. The standard InChI is InChI=1S/C23H18N4O5/c1-14-13-16(9-12-20(14)27(29)30)22(28)24-19-6-4-3-5-18(19)23-25-21(26-32-23)15-7-10-17(31-2)11-8-15/h3-13H,1-2H3,(H,24,28). The first kappa shape index (κ1) is 20.7. The van der Waals surface area contributed by atoms with Crippen molar-refractivity contribution in [1.29, 1.82) is 0 Å². The van der Waals surface area contributed by atoms with Crippen LogP contribution in [0.2, 0.25) is 0 Å². The summed E-state index contributed by atoms with van der Waals surface area (Å²) in [7, 11) is 1.59. The summed E-state index contributed by atoms with van der Waals surface area (Å²) in [6.45, 7) is 1.59. The van der Waals surface area contributed by atoms with E-state index in [1.54, 1.807) is 50.4 Å². The van der Waals surface area contributed by atoms with Gasteiger partial charge in [0, 0.05) is 22.8 Å². The van der Waals surface area contributed by atoms with E-state index in [1.165, 1.54) is 18.2 Å². The first-order valence-corrected chi connectivity index (χ1v) is 9.60. The Morgan fingerprint density at radius 3 is 2.53 bits per heavy atom. The van der Waals surface area contributed by atoms with E-state index in [0.717, 1.165) is 5.56 Å². The van der Waals surface area contributed by atoms with Crippen LogP contribution in [0.3, 0.4) is 0 Å². The third kappa shape index (κ3) is 4.17. The third-order valence-electron chi connectivity index (χ3n) is 4.84. The van der Waals surface area contributed by atoms with Gasteiger partial charge in [-0.05, 0) is 55.5 Å². The number of ether oxygens (including phenoxy) is 1. The number of aryl methyl sites for hydroxylation is 1. The molecule has 9 nitrogen and oxygen atoms in total. The van der Waals surface area contributed by atoms with Crippen molar-refractivity contribution in [3.63, 3.8) is 0 Å². The molecule has 0 aliphatic rings. The summed E-state index contributed by atoms with van der Waals surface area (Å²) >= 11 is 0. The lowest BCUT2D eigenvalue weighted by atomic mass is 10.1. The fourth-order valence-corrected chi connectivity index (χ4v) is 3.16. The Bertz CT molecular complexity index is 1300. The molecule has 0 saturated heterocycles. The zero-order valence-electron chi connectivity index (χ0n) is 17.2. The zero-order chi connectivity index (χ0) is 22.7. The van der Waals surface area contributed by atoms with Gasteiger partial charge >= 0.3 is 0 Å². The predicted molar refractivity (Wildman–Crippen MR) is 118 cm³/mol. The molecule has 1 N–H and O–H groups in total. The molecule has 4 aromatic rings. The SMILES string of the molecule is COc1ccc(-c2noc(-c3ccccc3NC(=O)c3ccc([N+](=O)[O-])c(C)c3)n2)cc1. The second kappa shape index (κ2) is 8.68. The summed E-state index contributed by atoms with van der Waals surface area (Å²) in [5.41, 5.74) is 2.43. The van der Waals surface area contributed by atoms with Crippen molar-refractivity contribution in [2.75, 3.05) is 12.4 Å². The van der Waals surface area contributed by atoms with E-state index in [-0.39, 0.29) is 11.6 Å². The maximum atomic E-state index is 12.8. The number of para-hydroxylation sites is 1. The zero-order valence-corrected chi connectivity index (χ0v) is 17.2. The predicted octanol–water partition coefficient (Wildman–Crippen LogP) is 4.88. The molecule has 32 heavy (non-hydrogen) atoms. The van der Waals surface area contributed by atoms with Crippen LogP contribution in [0, 0.1) is 17.0 Å². The van der Waals surface area contributed by atoms with E-state index in [1.807, 2.05) is 12.1 Å². The molecular formula is C23H18N4O5. The van der Waals surface area contributed by atoms with Crippen molar-refractivity contribution in [2.45, 2.75) is 6.92 Å². The summed E-state index contributed by atoms with van der Waals surface area (Å²) in [6, 6.07) is 18.5. The number of methoxy groups -OCH3 is 1. The third-order valence-corrected chi connectivity index (χ3v) is 4.84. The Labute approximate surface area is 182 Å². The summed E-state index contributed by atoms with van der Waals surface area (Å²) in [4.78, 5) is 27.7. The minimum absolute atomic E-state index is 0.0427. The van der Waals surface area contributed by atoms with Crippen molar-refractivity contribution in [1.82, 2.24) is 10.1 Å². The molecule has 1 amide bonds. The molecule has 0 unspecified atom stereocenters. The van der Waals surface area contributed by atoms with Crippen molar-refractivity contribution >= 4 is 17.3 Å². The highest BCUT2D eigenvalue weighted by atomic mass is 16.6. The first-order chi connectivity index (χ1) is 15.5. The van der Waals surface area contributed by atoms with Crippen LogP contribution >= 0.6 is 0 Å². The van der Waals surface area contributed by atoms with Gasteiger partial charge in [0.1, 0.15) is 5.75 Å². The molecule has 0 radical (unpaired) electrons. The second-order valence-electron chi connectivity index (χ2n) is 6.91. The molecule has 0 bridgehead atoms. The number of nitro groups is 1. The van der Waals surface area contributed by atoms with Gasteiger partial charge in [-0.25, -0.2) is 0 Å². The van der Waals surface area contributed by atoms with E-state index in [9.17, 15) is 14.9 Å². The molecule has 0 atom stereocenters. The summed E-state index contributed by atoms with van der Waals surface area (Å²) in [5, 5.41) is 17.9. The van der Waals surface area contributed by atoms with E-state index >= 15 is 0 Å². The molecular weight excluding hydrogens is 412 g/mol. The Hall–Kier alpha value is -4.53. The van der Waals surface area contributed by atoms with Gasteiger partial charge in [-0.2, -0.15) is 4.98 Å². The molecule has 0 aliphatic carbocycles. The van der Waals surface area contributed by atoms with Crippen molar-refractivity contribution in [3.05, 3.63) is 88.0 Å². The van der Waals surface area contributed by atoms with Crippen LogP contribution in [0.25, 0.3) is 22.8 Å². The van der Waals surface area contributed by atoms with Crippen LogP contribution in [0.5, 0.6) is 5.75 Å². The van der Waals surface area contributed by atoms with E-state index in [2.05, 4.69) is 15.5 Å². The minimum atomic E-state index is -0.484. The number of aromatic nitrogens is 2. The number of carbonyl (C=O) groups is 1. The van der Waals surface area contributed by atoms with Gasteiger partial charge in [-0.15, -0.1) is 0 Å². The van der Waals surface area contributed by atoms with Gasteiger partial charge < -0.3 is 14.6 Å². The number of amides is 1. The van der Waals surface area contributed by atoms with Crippen LogP contribution in [0.15, 0.2) is 71.3 Å². The lowest BCUT2D eigenvalue weighted by Gasteiger charge is -2.09. The number of carbonyl (C=O) groups excluding carboxylic acids is 1. The highest BCUT2D eigenvalue weighted by Gasteiger charge is 2.18. The largest absolute Gasteiger partial charge is 0.497 e. The average molecular weight is 430 g/mol. The van der Waals surface area contributed by atoms with E-state index < -0.39 is 10.8 Å². The molecule has 0 fully saturated rings. The number of nitrogens with zero attached hydrogens (tertiary/aromatic N) is 3. The molecule has 9 heteroatoms. The van der Waals surface area contributed by atoms with Crippen molar-refractivity contribution in [2.24, 2.45) is 0 Å². The number of hydrogen-bond donors (Lipinski definition) is 1. The maximum Gasteiger partial charge on any atom is 0.272 e. The second-order valence-corrected chi connectivity index (χ2v) is 6.91. The van der Waals surface area contributed by atoms with E-state index in [0.29, 0.717) is 34.0 Å². The van der Waals surface area contributed by atoms with Crippen LogP contribution in [0.4, 0.5) is 11.4 Å². The number of rotatable bonds is 6. The highest BCUT2D eigenvalue weighted by molar-refractivity contribution is 6.06. The number of hydrogen-bond acceptors (Lipinski definition) is 7. The molecule has 4 rings (SSSR count). The van der Waals surface area contributed by atoms with Gasteiger partial charge in [0.25, 0.3) is 17.5 Å². The summed E-state index contributed by atoms with van der Waals surface area (Å²) < 4.78 is 10.6. The lowest BCUT2D eigenvalue weighted by Crippen LogP contribution is -2.13. The molecule has 0 saturated carbocycles. The number of nitrogens with one attached hydrogen (secondary N) is 1. The molecule has 1 aromatic heterocycles. The maximum absolute atomic E-state index is 12.8.